The van der Waals surface area contributed by atoms with Crippen molar-refractivity contribution in [3.8, 4) is 5.75 Å². The van der Waals surface area contributed by atoms with Crippen LogP contribution in [-0.2, 0) is 14.8 Å². The number of para-hydroxylation sites is 2. The zero-order chi connectivity index (χ0) is 15.5. The molecule has 2 rings (SSSR count). The van der Waals surface area contributed by atoms with Crippen LogP contribution in [0.25, 0.3) is 0 Å². The van der Waals surface area contributed by atoms with E-state index in [1.54, 1.807) is 6.07 Å². The highest BCUT2D eigenvalue weighted by Crippen LogP contribution is 2.28. The molecule has 0 aliphatic carbocycles. The first-order chi connectivity index (χ1) is 9.90. The van der Waals surface area contributed by atoms with Gasteiger partial charge in [0, 0.05) is 20.6 Å². The minimum absolute atomic E-state index is 0.0564. The standard InChI is InChI=1S/C13H19N3O4S/c1-16(2)21(18,19)8-7-14-13(17)12-9-15-10-5-3-4-6-11(10)20-12/h3-6,12,15H,7-9H2,1-2H3,(H,14,17). The van der Waals surface area contributed by atoms with Gasteiger partial charge in [0.25, 0.3) is 5.91 Å². The molecule has 21 heavy (non-hydrogen) atoms. The normalized spacial score (nSPS) is 17.6. The van der Waals surface area contributed by atoms with Crippen LogP contribution >= 0.6 is 0 Å². The molecule has 1 aromatic rings. The van der Waals surface area contributed by atoms with Crippen molar-refractivity contribution in [2.45, 2.75) is 6.10 Å². The van der Waals surface area contributed by atoms with Gasteiger partial charge >= 0.3 is 0 Å². The number of sulfonamides is 1. The monoisotopic (exact) mass is 313 g/mol. The SMILES string of the molecule is CN(C)S(=O)(=O)CCNC(=O)C1CNc2ccccc2O1. The molecule has 7 nitrogen and oxygen atoms in total. The van der Waals surface area contributed by atoms with Crippen LogP contribution in [0.3, 0.4) is 0 Å². The number of fused-ring (bicyclic) bond motifs is 1. The van der Waals surface area contributed by atoms with Crippen molar-refractivity contribution in [1.82, 2.24) is 9.62 Å². The lowest BCUT2D eigenvalue weighted by Gasteiger charge is -2.26. The van der Waals surface area contributed by atoms with Gasteiger partial charge in [0.1, 0.15) is 5.75 Å². The number of hydrogen-bond donors (Lipinski definition) is 2. The molecule has 0 spiro atoms. The molecule has 116 valence electrons. The Labute approximate surface area is 124 Å². The summed E-state index contributed by atoms with van der Waals surface area (Å²) in [6, 6.07) is 7.34. The van der Waals surface area contributed by atoms with Crippen LogP contribution in [0.15, 0.2) is 24.3 Å². The summed E-state index contributed by atoms with van der Waals surface area (Å²) in [6.07, 6.45) is -0.665. The second-order valence-corrected chi connectivity index (χ2v) is 7.18. The number of benzene rings is 1. The van der Waals surface area contributed by atoms with Crippen molar-refractivity contribution in [1.29, 1.82) is 0 Å². The van der Waals surface area contributed by atoms with Crippen LogP contribution in [0.5, 0.6) is 5.75 Å². The van der Waals surface area contributed by atoms with E-state index in [0.29, 0.717) is 12.3 Å². The second-order valence-electron chi connectivity index (χ2n) is 4.87. The fourth-order valence-corrected chi connectivity index (χ4v) is 2.58. The van der Waals surface area contributed by atoms with Crippen LogP contribution in [0, 0.1) is 0 Å². The molecule has 2 N–H and O–H groups in total. The van der Waals surface area contributed by atoms with Gasteiger partial charge in [0.2, 0.25) is 10.0 Å². The third-order valence-corrected chi connectivity index (χ3v) is 4.97. The molecular weight excluding hydrogens is 294 g/mol. The molecule has 0 fully saturated rings. The quantitative estimate of drug-likeness (QED) is 0.790. The molecule has 1 unspecified atom stereocenters. The summed E-state index contributed by atoms with van der Waals surface area (Å²) in [4.78, 5) is 12.0. The van der Waals surface area contributed by atoms with Crippen molar-refractivity contribution < 1.29 is 17.9 Å². The van der Waals surface area contributed by atoms with Crippen LogP contribution in [0.1, 0.15) is 0 Å². The largest absolute Gasteiger partial charge is 0.477 e. The first-order valence-electron chi connectivity index (χ1n) is 6.57. The summed E-state index contributed by atoms with van der Waals surface area (Å²) < 4.78 is 29.9. The maximum absolute atomic E-state index is 12.0. The Morgan fingerprint density at radius 2 is 2.14 bits per heavy atom. The fourth-order valence-electron chi connectivity index (χ4n) is 1.86. The Morgan fingerprint density at radius 3 is 2.86 bits per heavy atom. The van der Waals surface area contributed by atoms with Gasteiger partial charge in [-0.1, -0.05) is 12.1 Å². The Hall–Kier alpha value is -1.80. The number of anilines is 1. The molecule has 1 amide bonds. The van der Waals surface area contributed by atoms with E-state index in [-0.39, 0.29) is 18.2 Å². The Balaban J connectivity index is 1.86. The number of carbonyl (C=O) groups is 1. The van der Waals surface area contributed by atoms with Gasteiger partial charge in [-0.15, -0.1) is 0 Å². The summed E-state index contributed by atoms with van der Waals surface area (Å²) in [5.74, 6) is 0.151. The van der Waals surface area contributed by atoms with Gasteiger partial charge in [0.05, 0.1) is 18.0 Å². The maximum Gasteiger partial charge on any atom is 0.262 e. The number of carbonyl (C=O) groups excluding carboxylic acids is 1. The fraction of sp³-hybridized carbons (Fsp3) is 0.462. The van der Waals surface area contributed by atoms with E-state index in [1.807, 2.05) is 18.2 Å². The van der Waals surface area contributed by atoms with Gasteiger partial charge in [-0.3, -0.25) is 4.79 Å². The van der Waals surface area contributed by atoms with Crippen molar-refractivity contribution in [3.05, 3.63) is 24.3 Å². The lowest BCUT2D eigenvalue weighted by molar-refractivity contribution is -0.127. The van der Waals surface area contributed by atoms with E-state index in [1.165, 1.54) is 14.1 Å². The van der Waals surface area contributed by atoms with E-state index in [9.17, 15) is 13.2 Å². The summed E-state index contributed by atoms with van der Waals surface area (Å²) in [5.41, 5.74) is 0.844. The molecule has 0 radical (unpaired) electrons. The summed E-state index contributed by atoms with van der Waals surface area (Å²) in [5, 5.41) is 5.69. The zero-order valence-electron chi connectivity index (χ0n) is 12.0. The number of ether oxygens (including phenoxy) is 1. The van der Waals surface area contributed by atoms with Crippen molar-refractivity contribution in [2.24, 2.45) is 0 Å². The Morgan fingerprint density at radius 1 is 1.43 bits per heavy atom. The van der Waals surface area contributed by atoms with E-state index in [0.717, 1.165) is 9.99 Å². The highest BCUT2D eigenvalue weighted by atomic mass is 32.2. The molecule has 1 atom stereocenters. The third-order valence-electron chi connectivity index (χ3n) is 3.14. The number of rotatable bonds is 5. The molecule has 0 saturated carbocycles. The number of nitrogens with one attached hydrogen (secondary N) is 2. The highest BCUT2D eigenvalue weighted by molar-refractivity contribution is 7.89. The van der Waals surface area contributed by atoms with Crippen LogP contribution < -0.4 is 15.4 Å². The minimum atomic E-state index is -3.31. The molecule has 1 aliphatic heterocycles. The van der Waals surface area contributed by atoms with E-state index in [2.05, 4.69) is 10.6 Å². The highest BCUT2D eigenvalue weighted by Gasteiger charge is 2.25. The molecule has 1 heterocycles. The number of nitrogens with zero attached hydrogens (tertiary/aromatic N) is 1. The van der Waals surface area contributed by atoms with E-state index in [4.69, 9.17) is 4.74 Å². The maximum atomic E-state index is 12.0. The Kier molecular flexibility index (Phi) is 4.69. The first kappa shape index (κ1) is 15.6. The minimum Gasteiger partial charge on any atom is -0.477 e. The van der Waals surface area contributed by atoms with Gasteiger partial charge < -0.3 is 15.4 Å². The molecule has 8 heteroatoms. The molecule has 0 saturated heterocycles. The predicted octanol–water partition coefficient (Wildman–Crippen LogP) is -0.133. The van der Waals surface area contributed by atoms with E-state index >= 15 is 0 Å². The van der Waals surface area contributed by atoms with Crippen LogP contribution in [0.2, 0.25) is 0 Å². The van der Waals surface area contributed by atoms with E-state index < -0.39 is 16.1 Å². The van der Waals surface area contributed by atoms with Gasteiger partial charge in [0.15, 0.2) is 6.10 Å². The lowest BCUT2D eigenvalue weighted by Crippen LogP contribution is -2.46. The first-order valence-corrected chi connectivity index (χ1v) is 8.18. The van der Waals surface area contributed by atoms with Crippen molar-refractivity contribution in [3.63, 3.8) is 0 Å². The summed E-state index contributed by atoms with van der Waals surface area (Å²) in [7, 11) is -0.390. The van der Waals surface area contributed by atoms with Gasteiger partial charge in [-0.2, -0.15) is 0 Å². The molecule has 1 aliphatic rings. The number of hydrogen-bond acceptors (Lipinski definition) is 5. The zero-order valence-corrected chi connectivity index (χ0v) is 12.8. The lowest BCUT2D eigenvalue weighted by atomic mass is 10.2. The summed E-state index contributed by atoms with van der Waals surface area (Å²) >= 11 is 0. The summed E-state index contributed by atoms with van der Waals surface area (Å²) in [6.45, 7) is 0.407. The number of amides is 1. The molecule has 0 bridgehead atoms. The van der Waals surface area contributed by atoms with Crippen LogP contribution in [-0.4, -0.2) is 57.7 Å². The third kappa shape index (κ3) is 3.85. The molecular formula is C13H19N3O4S. The average Bonchev–Trinajstić information content (AvgIpc) is 2.46. The van der Waals surface area contributed by atoms with Gasteiger partial charge in [-0.05, 0) is 12.1 Å². The second kappa shape index (κ2) is 6.31. The molecule has 0 aromatic heterocycles. The van der Waals surface area contributed by atoms with Crippen molar-refractivity contribution >= 4 is 21.6 Å². The smallest absolute Gasteiger partial charge is 0.262 e. The predicted molar refractivity (Wildman–Crippen MR) is 79.8 cm³/mol. The average molecular weight is 313 g/mol. The Bertz CT molecular complexity index is 616. The van der Waals surface area contributed by atoms with Gasteiger partial charge in [-0.25, -0.2) is 12.7 Å². The topological polar surface area (TPSA) is 87.7 Å². The van der Waals surface area contributed by atoms with Crippen molar-refractivity contribution in [2.75, 3.05) is 38.3 Å². The van der Waals surface area contributed by atoms with Crippen LogP contribution in [0.4, 0.5) is 5.69 Å². The molecule has 1 aromatic carbocycles.